The van der Waals surface area contributed by atoms with Gasteiger partial charge in [0.25, 0.3) is 11.5 Å². The first-order chi connectivity index (χ1) is 19.8. The molecular weight excluding hydrogens is 601 g/mol. The van der Waals surface area contributed by atoms with Crippen LogP contribution in [-0.4, -0.2) is 10.5 Å². The number of carbonyl (C=O) groups excluding carboxylic acids is 1. The van der Waals surface area contributed by atoms with Gasteiger partial charge in [-0.15, -0.1) is 0 Å². The molecule has 1 aliphatic rings. The lowest BCUT2D eigenvalue weighted by Crippen LogP contribution is -2.40. The molecule has 0 fully saturated rings. The first-order valence-corrected chi connectivity index (χ1v) is 14.4. The van der Waals surface area contributed by atoms with Crippen LogP contribution in [0.15, 0.2) is 110 Å². The van der Waals surface area contributed by atoms with Gasteiger partial charge in [0.15, 0.2) is 4.80 Å². The number of allylic oxidation sites excluding steroid dienone is 1. The second-order valence-corrected chi connectivity index (χ2v) is 11.6. The number of hydrogen-bond acceptors (Lipinski definition) is 5. The van der Waals surface area contributed by atoms with E-state index < -0.39 is 6.04 Å². The number of thiazole rings is 1. The Hall–Kier alpha value is -3.88. The second-order valence-electron chi connectivity index (χ2n) is 9.28. The molecule has 2 aromatic heterocycles. The summed E-state index contributed by atoms with van der Waals surface area (Å²) in [6.45, 7) is 1.77. The highest BCUT2D eigenvalue weighted by Gasteiger charge is 2.32. The summed E-state index contributed by atoms with van der Waals surface area (Å²) in [6, 6.07) is 24.2. The molecule has 6 rings (SSSR count). The molecule has 0 aliphatic carbocycles. The van der Waals surface area contributed by atoms with Crippen LogP contribution in [0.1, 0.15) is 24.3 Å². The molecule has 0 spiro atoms. The lowest BCUT2D eigenvalue weighted by Gasteiger charge is -2.25. The standard InChI is InChI=1S/C31H20Cl3N3O3S/c1-17-27(29(38)36-21-5-3-2-4-6-21)28(18-7-9-19(32)10-8-18)37-30(39)26(41-31(37)35-17)16-22-12-14-25(40-22)23-13-11-20(33)15-24(23)34/h2-16,28H,1H3,(H,36,38)/b26-16-. The predicted octanol–water partition coefficient (Wildman–Crippen LogP) is 7.09. The van der Waals surface area contributed by atoms with Gasteiger partial charge in [-0.05, 0) is 67.1 Å². The Morgan fingerprint density at radius 1 is 0.976 bits per heavy atom. The van der Waals surface area contributed by atoms with Crippen LogP contribution in [0.3, 0.4) is 0 Å². The minimum absolute atomic E-state index is 0.298. The number of para-hydroxylation sites is 1. The van der Waals surface area contributed by atoms with Crippen LogP contribution in [0.2, 0.25) is 15.1 Å². The Balaban J connectivity index is 1.45. The Morgan fingerprint density at radius 3 is 2.44 bits per heavy atom. The number of amides is 1. The van der Waals surface area contributed by atoms with Gasteiger partial charge in [-0.1, -0.05) is 76.5 Å². The highest BCUT2D eigenvalue weighted by atomic mass is 35.5. The van der Waals surface area contributed by atoms with Gasteiger partial charge < -0.3 is 9.73 Å². The van der Waals surface area contributed by atoms with Gasteiger partial charge in [-0.3, -0.25) is 14.2 Å². The summed E-state index contributed by atoms with van der Waals surface area (Å²) in [5, 5.41) is 4.47. The van der Waals surface area contributed by atoms with Gasteiger partial charge in [0.2, 0.25) is 0 Å². The summed E-state index contributed by atoms with van der Waals surface area (Å²) in [5.41, 5.74) is 2.64. The number of benzene rings is 3. The molecule has 1 N–H and O–H groups in total. The smallest absolute Gasteiger partial charge is 0.271 e. The number of fused-ring (bicyclic) bond motifs is 1. The summed E-state index contributed by atoms with van der Waals surface area (Å²) >= 11 is 19.8. The molecule has 0 saturated heterocycles. The third-order valence-corrected chi connectivity index (χ3v) is 8.36. The van der Waals surface area contributed by atoms with Gasteiger partial charge in [0.1, 0.15) is 11.5 Å². The van der Waals surface area contributed by atoms with Gasteiger partial charge in [-0.25, -0.2) is 4.99 Å². The second kappa shape index (κ2) is 11.2. The molecule has 10 heteroatoms. The van der Waals surface area contributed by atoms with Crippen molar-refractivity contribution >= 4 is 63.8 Å². The van der Waals surface area contributed by atoms with E-state index >= 15 is 0 Å². The fourth-order valence-corrected chi connectivity index (χ4v) is 6.34. The van der Waals surface area contributed by atoms with Crippen LogP contribution in [0, 0.1) is 0 Å². The zero-order valence-corrected chi connectivity index (χ0v) is 24.5. The molecule has 6 nitrogen and oxygen atoms in total. The number of halogens is 3. The number of nitrogens with one attached hydrogen (secondary N) is 1. The normalized spacial score (nSPS) is 15.0. The summed E-state index contributed by atoms with van der Waals surface area (Å²) in [4.78, 5) is 32.7. The Kier molecular flexibility index (Phi) is 7.45. The molecule has 3 aromatic carbocycles. The van der Waals surface area contributed by atoms with Crippen LogP contribution in [0.4, 0.5) is 5.69 Å². The van der Waals surface area contributed by atoms with Crippen molar-refractivity contribution in [2.24, 2.45) is 4.99 Å². The molecule has 1 unspecified atom stereocenters. The van der Waals surface area contributed by atoms with Crippen LogP contribution in [0.5, 0.6) is 0 Å². The van der Waals surface area contributed by atoms with Gasteiger partial charge in [0, 0.05) is 27.4 Å². The van der Waals surface area contributed by atoms with Gasteiger partial charge >= 0.3 is 0 Å². The zero-order chi connectivity index (χ0) is 28.7. The maximum atomic E-state index is 13.9. The van der Waals surface area contributed by atoms with Crippen molar-refractivity contribution in [3.05, 3.63) is 142 Å². The quantitative estimate of drug-likeness (QED) is 0.228. The fraction of sp³-hybridized carbons (Fsp3) is 0.0645. The molecule has 1 amide bonds. The summed E-state index contributed by atoms with van der Waals surface area (Å²) in [6.07, 6.45) is 1.67. The SMILES string of the molecule is CC1=C(C(=O)Nc2ccccc2)C(c2ccc(Cl)cc2)n2c(s/c(=C\c3ccc(-c4ccc(Cl)cc4Cl)o3)c2=O)=N1. The minimum Gasteiger partial charge on any atom is -0.457 e. The van der Waals surface area contributed by atoms with Crippen molar-refractivity contribution in [2.45, 2.75) is 13.0 Å². The van der Waals surface area contributed by atoms with Crippen molar-refractivity contribution in [3.8, 4) is 11.3 Å². The summed E-state index contributed by atoms with van der Waals surface area (Å²) in [7, 11) is 0. The maximum absolute atomic E-state index is 13.9. The molecule has 41 heavy (non-hydrogen) atoms. The van der Waals surface area contributed by atoms with E-state index in [-0.39, 0.29) is 11.5 Å². The van der Waals surface area contributed by atoms with E-state index in [0.29, 0.717) is 58.4 Å². The van der Waals surface area contributed by atoms with E-state index in [4.69, 9.17) is 39.2 Å². The molecule has 1 atom stereocenters. The van der Waals surface area contributed by atoms with Crippen LogP contribution in [-0.2, 0) is 4.79 Å². The number of hydrogen-bond donors (Lipinski definition) is 1. The number of rotatable bonds is 5. The first-order valence-electron chi connectivity index (χ1n) is 12.5. The Bertz CT molecular complexity index is 2010. The monoisotopic (exact) mass is 619 g/mol. The molecule has 0 saturated carbocycles. The Morgan fingerprint density at radius 2 is 1.71 bits per heavy atom. The van der Waals surface area contributed by atoms with E-state index in [1.54, 1.807) is 72.2 Å². The highest BCUT2D eigenvalue weighted by molar-refractivity contribution is 7.07. The molecule has 0 bridgehead atoms. The number of anilines is 1. The minimum atomic E-state index is -0.714. The molecule has 1 aliphatic heterocycles. The van der Waals surface area contributed by atoms with Crippen molar-refractivity contribution in [1.29, 1.82) is 0 Å². The molecule has 3 heterocycles. The first kappa shape index (κ1) is 27.3. The Labute approximate surface area is 253 Å². The number of furan rings is 1. The lowest BCUT2D eigenvalue weighted by atomic mass is 9.95. The van der Waals surface area contributed by atoms with Crippen LogP contribution >= 0.6 is 46.1 Å². The molecular formula is C31H20Cl3N3O3S. The maximum Gasteiger partial charge on any atom is 0.271 e. The molecule has 5 aromatic rings. The van der Waals surface area contributed by atoms with Crippen LogP contribution in [0.25, 0.3) is 17.4 Å². The topological polar surface area (TPSA) is 76.6 Å². The number of aromatic nitrogens is 1. The van der Waals surface area contributed by atoms with Crippen LogP contribution < -0.4 is 20.2 Å². The van der Waals surface area contributed by atoms with Crippen molar-refractivity contribution in [3.63, 3.8) is 0 Å². The summed E-state index contributed by atoms with van der Waals surface area (Å²) < 4.78 is 7.96. The third-order valence-electron chi connectivity index (χ3n) is 6.58. The van der Waals surface area contributed by atoms with E-state index in [1.165, 1.54) is 11.3 Å². The molecule has 204 valence electrons. The van der Waals surface area contributed by atoms with Crippen molar-refractivity contribution in [2.75, 3.05) is 5.32 Å². The zero-order valence-electron chi connectivity index (χ0n) is 21.4. The highest BCUT2D eigenvalue weighted by Crippen LogP contribution is 2.33. The van der Waals surface area contributed by atoms with Crippen molar-refractivity contribution in [1.82, 2.24) is 4.57 Å². The third kappa shape index (κ3) is 5.42. The largest absolute Gasteiger partial charge is 0.457 e. The summed E-state index contributed by atoms with van der Waals surface area (Å²) in [5.74, 6) is 0.666. The number of nitrogens with zero attached hydrogens (tertiary/aromatic N) is 2. The van der Waals surface area contributed by atoms with E-state index in [9.17, 15) is 9.59 Å². The average molecular weight is 621 g/mol. The lowest BCUT2D eigenvalue weighted by molar-refractivity contribution is -0.113. The predicted molar refractivity (Wildman–Crippen MR) is 164 cm³/mol. The van der Waals surface area contributed by atoms with Gasteiger partial charge in [-0.2, -0.15) is 0 Å². The number of carbonyl (C=O) groups is 1. The van der Waals surface area contributed by atoms with Crippen molar-refractivity contribution < 1.29 is 9.21 Å². The molecule has 0 radical (unpaired) electrons. The average Bonchev–Trinajstić information content (AvgIpc) is 3.53. The van der Waals surface area contributed by atoms with Gasteiger partial charge in [0.05, 0.1) is 26.9 Å². The van der Waals surface area contributed by atoms with E-state index in [1.807, 2.05) is 30.3 Å². The fourth-order valence-electron chi connectivity index (χ4n) is 4.69. The van der Waals surface area contributed by atoms with E-state index in [2.05, 4.69) is 10.3 Å². The van der Waals surface area contributed by atoms with E-state index in [0.717, 1.165) is 5.56 Å².